The summed E-state index contributed by atoms with van der Waals surface area (Å²) in [6.45, 7) is 0. The van der Waals surface area contributed by atoms with Gasteiger partial charge in [0, 0.05) is 23.7 Å². The SMILES string of the molecule is N[C@H]1CC1c1ccc(-c2cc(O)cc(C(F)(F)F)c2)nc1. The van der Waals surface area contributed by atoms with Gasteiger partial charge in [0.15, 0.2) is 0 Å². The summed E-state index contributed by atoms with van der Waals surface area (Å²) in [4.78, 5) is 4.17. The Kier molecular flexibility index (Phi) is 3.13. The number of rotatable bonds is 2. The molecule has 110 valence electrons. The third kappa shape index (κ3) is 2.85. The van der Waals surface area contributed by atoms with Crippen molar-refractivity contribution in [3.8, 4) is 17.0 Å². The first-order valence-electron chi connectivity index (χ1n) is 6.48. The molecule has 1 heterocycles. The molecule has 1 aliphatic carbocycles. The van der Waals surface area contributed by atoms with Crippen LogP contribution < -0.4 is 5.73 Å². The number of pyridine rings is 1. The van der Waals surface area contributed by atoms with Crippen LogP contribution in [0.1, 0.15) is 23.5 Å². The summed E-state index contributed by atoms with van der Waals surface area (Å²) < 4.78 is 38.2. The highest BCUT2D eigenvalue weighted by Gasteiger charge is 2.35. The second-order valence-electron chi connectivity index (χ2n) is 5.25. The van der Waals surface area contributed by atoms with E-state index >= 15 is 0 Å². The van der Waals surface area contributed by atoms with E-state index in [0.717, 1.165) is 18.1 Å². The zero-order valence-electron chi connectivity index (χ0n) is 10.9. The second kappa shape index (κ2) is 4.73. The van der Waals surface area contributed by atoms with Gasteiger partial charge in [-0.25, -0.2) is 0 Å². The maximum absolute atomic E-state index is 12.7. The topological polar surface area (TPSA) is 59.1 Å². The largest absolute Gasteiger partial charge is 0.508 e. The molecule has 1 unspecified atom stereocenters. The maximum Gasteiger partial charge on any atom is 0.416 e. The predicted molar refractivity (Wildman–Crippen MR) is 71.7 cm³/mol. The number of alkyl halides is 3. The molecule has 0 spiro atoms. The molecule has 0 aliphatic heterocycles. The van der Waals surface area contributed by atoms with Crippen LogP contribution in [-0.2, 0) is 6.18 Å². The van der Waals surface area contributed by atoms with Gasteiger partial charge in [-0.1, -0.05) is 6.07 Å². The summed E-state index contributed by atoms with van der Waals surface area (Å²) in [6, 6.07) is 6.55. The van der Waals surface area contributed by atoms with Crippen molar-refractivity contribution in [3.63, 3.8) is 0 Å². The van der Waals surface area contributed by atoms with Gasteiger partial charge in [-0.15, -0.1) is 0 Å². The molecule has 0 radical (unpaired) electrons. The van der Waals surface area contributed by atoms with Crippen molar-refractivity contribution in [1.29, 1.82) is 0 Å². The van der Waals surface area contributed by atoms with Crippen LogP contribution in [0.15, 0.2) is 36.5 Å². The Hall–Kier alpha value is -2.08. The first-order valence-corrected chi connectivity index (χ1v) is 6.48. The molecule has 6 heteroatoms. The highest BCUT2D eigenvalue weighted by molar-refractivity contribution is 5.63. The number of hydrogen-bond acceptors (Lipinski definition) is 3. The summed E-state index contributed by atoms with van der Waals surface area (Å²) in [7, 11) is 0. The van der Waals surface area contributed by atoms with E-state index in [4.69, 9.17) is 5.73 Å². The van der Waals surface area contributed by atoms with Crippen LogP contribution in [0.25, 0.3) is 11.3 Å². The number of nitrogens with zero attached hydrogens (tertiary/aromatic N) is 1. The lowest BCUT2D eigenvalue weighted by Gasteiger charge is -2.10. The highest BCUT2D eigenvalue weighted by Crippen LogP contribution is 2.39. The Morgan fingerprint density at radius 2 is 1.90 bits per heavy atom. The number of phenolic OH excluding ortho intramolecular Hbond substituents is 1. The Balaban J connectivity index is 1.94. The lowest BCUT2D eigenvalue weighted by atomic mass is 10.1. The summed E-state index contributed by atoms with van der Waals surface area (Å²) in [5, 5.41) is 9.46. The molecule has 3 nitrogen and oxygen atoms in total. The van der Waals surface area contributed by atoms with Gasteiger partial charge in [0.1, 0.15) is 5.75 Å². The zero-order chi connectivity index (χ0) is 15.2. The first-order chi connectivity index (χ1) is 9.84. The van der Waals surface area contributed by atoms with Crippen molar-refractivity contribution in [1.82, 2.24) is 4.98 Å². The van der Waals surface area contributed by atoms with E-state index in [0.29, 0.717) is 17.7 Å². The number of phenols is 1. The van der Waals surface area contributed by atoms with Crippen LogP contribution in [0.2, 0.25) is 0 Å². The highest BCUT2D eigenvalue weighted by atomic mass is 19.4. The van der Waals surface area contributed by atoms with Crippen molar-refractivity contribution < 1.29 is 18.3 Å². The molecular weight excluding hydrogens is 281 g/mol. The minimum atomic E-state index is -4.51. The van der Waals surface area contributed by atoms with Crippen LogP contribution in [0, 0.1) is 0 Å². The average molecular weight is 294 g/mol. The molecule has 2 aromatic rings. The van der Waals surface area contributed by atoms with Gasteiger partial charge in [-0.3, -0.25) is 4.98 Å². The van der Waals surface area contributed by atoms with Gasteiger partial charge in [0.25, 0.3) is 0 Å². The zero-order valence-corrected chi connectivity index (χ0v) is 10.9. The van der Waals surface area contributed by atoms with Gasteiger partial charge >= 0.3 is 6.18 Å². The first kappa shape index (κ1) is 13.9. The molecule has 3 rings (SSSR count). The summed E-state index contributed by atoms with van der Waals surface area (Å²) >= 11 is 0. The molecule has 0 amide bonds. The van der Waals surface area contributed by atoms with Crippen LogP contribution >= 0.6 is 0 Å². The van der Waals surface area contributed by atoms with E-state index in [1.54, 1.807) is 12.3 Å². The maximum atomic E-state index is 12.7. The molecular formula is C15H13F3N2O. The molecule has 1 fully saturated rings. The monoisotopic (exact) mass is 294 g/mol. The third-order valence-corrected chi connectivity index (χ3v) is 3.60. The molecule has 0 bridgehead atoms. The van der Waals surface area contributed by atoms with E-state index in [1.165, 1.54) is 6.07 Å². The molecule has 1 aromatic carbocycles. The van der Waals surface area contributed by atoms with Crippen LogP contribution in [0.3, 0.4) is 0 Å². The summed E-state index contributed by atoms with van der Waals surface area (Å²) in [6.07, 6.45) is -1.97. The minimum Gasteiger partial charge on any atom is -0.508 e. The van der Waals surface area contributed by atoms with E-state index in [1.807, 2.05) is 6.07 Å². The smallest absolute Gasteiger partial charge is 0.416 e. The van der Waals surface area contributed by atoms with Crippen molar-refractivity contribution in [2.24, 2.45) is 5.73 Å². The number of nitrogens with two attached hydrogens (primary N) is 1. The molecule has 0 saturated heterocycles. The van der Waals surface area contributed by atoms with Crippen LogP contribution in [-0.4, -0.2) is 16.1 Å². The van der Waals surface area contributed by atoms with Crippen LogP contribution in [0.4, 0.5) is 13.2 Å². The average Bonchev–Trinajstić information content (AvgIpc) is 3.14. The van der Waals surface area contributed by atoms with E-state index < -0.39 is 17.5 Å². The quantitative estimate of drug-likeness (QED) is 0.893. The van der Waals surface area contributed by atoms with Crippen molar-refractivity contribution in [2.45, 2.75) is 24.6 Å². The molecule has 1 aliphatic rings. The number of halogens is 3. The Labute approximate surface area is 119 Å². The third-order valence-electron chi connectivity index (χ3n) is 3.60. The van der Waals surface area contributed by atoms with Gasteiger partial charge in [-0.2, -0.15) is 13.2 Å². The molecule has 1 saturated carbocycles. The number of hydrogen-bond donors (Lipinski definition) is 2. The second-order valence-corrected chi connectivity index (χ2v) is 5.25. The van der Waals surface area contributed by atoms with Crippen LogP contribution in [0.5, 0.6) is 5.75 Å². The fourth-order valence-corrected chi connectivity index (χ4v) is 2.32. The molecule has 3 N–H and O–H groups in total. The number of aromatic nitrogens is 1. The Morgan fingerprint density at radius 3 is 2.43 bits per heavy atom. The molecule has 21 heavy (non-hydrogen) atoms. The standard InChI is InChI=1S/C15H13F3N2O/c16-15(17,18)10-3-9(4-11(21)5-10)14-2-1-8(7-20-14)12-6-13(12)19/h1-5,7,12-13,21H,6,19H2/t12?,13-/m0/s1. The molecule has 1 aromatic heterocycles. The number of benzene rings is 1. The minimum absolute atomic E-state index is 0.148. The summed E-state index contributed by atoms with van der Waals surface area (Å²) in [5.74, 6) is -0.142. The Morgan fingerprint density at radius 1 is 1.19 bits per heavy atom. The van der Waals surface area contributed by atoms with Gasteiger partial charge in [-0.05, 0) is 36.2 Å². The van der Waals surface area contributed by atoms with E-state index in [-0.39, 0.29) is 11.6 Å². The fourth-order valence-electron chi connectivity index (χ4n) is 2.32. The Bertz CT molecular complexity index is 668. The van der Waals surface area contributed by atoms with Gasteiger partial charge < -0.3 is 10.8 Å². The van der Waals surface area contributed by atoms with Crippen molar-refractivity contribution in [2.75, 3.05) is 0 Å². The number of aromatic hydroxyl groups is 1. The normalized spacial score (nSPS) is 21.3. The molecule has 2 atom stereocenters. The lowest BCUT2D eigenvalue weighted by Crippen LogP contribution is -2.05. The predicted octanol–water partition coefficient (Wildman–Crippen LogP) is 3.29. The van der Waals surface area contributed by atoms with Gasteiger partial charge in [0.05, 0.1) is 11.3 Å². The van der Waals surface area contributed by atoms with E-state index in [9.17, 15) is 18.3 Å². The van der Waals surface area contributed by atoms with E-state index in [2.05, 4.69) is 4.98 Å². The lowest BCUT2D eigenvalue weighted by molar-refractivity contribution is -0.137. The van der Waals surface area contributed by atoms with Gasteiger partial charge in [0.2, 0.25) is 0 Å². The van der Waals surface area contributed by atoms with Crippen molar-refractivity contribution in [3.05, 3.63) is 47.7 Å². The van der Waals surface area contributed by atoms with Crippen molar-refractivity contribution >= 4 is 0 Å². The summed E-state index contributed by atoms with van der Waals surface area (Å²) in [5.41, 5.74) is 6.46. The fraction of sp³-hybridized carbons (Fsp3) is 0.267.